The molecule has 0 radical (unpaired) electrons. The van der Waals surface area contributed by atoms with Gasteiger partial charge in [0.25, 0.3) is 0 Å². The Bertz CT molecular complexity index is 892. The molecule has 1 aromatic carbocycles. The fourth-order valence-electron chi connectivity index (χ4n) is 5.49. The maximum absolute atomic E-state index is 12.6. The molecule has 0 saturated carbocycles. The molecular weight excluding hydrogens is 388 g/mol. The van der Waals surface area contributed by atoms with Gasteiger partial charge in [-0.15, -0.1) is 0 Å². The van der Waals surface area contributed by atoms with Gasteiger partial charge < -0.3 is 14.7 Å². The first kappa shape index (κ1) is 22.0. The highest BCUT2D eigenvalue weighted by atomic mass is 16.5. The Morgan fingerprint density at radius 1 is 1.26 bits per heavy atom. The minimum atomic E-state index is 0.176. The summed E-state index contributed by atoms with van der Waals surface area (Å²) < 4.78 is 5.35. The first-order chi connectivity index (χ1) is 14.9. The van der Waals surface area contributed by atoms with Gasteiger partial charge in [-0.2, -0.15) is 0 Å². The molecule has 0 unspecified atom stereocenters. The zero-order valence-electron chi connectivity index (χ0n) is 19.4. The van der Waals surface area contributed by atoms with E-state index in [1.165, 1.54) is 16.7 Å². The standard InChI is InChI=1S/C25H36N4O2/c1-18-22(19(2)31-27-18)17-29-12-9-25(10-13-29)16-20(21-7-5-6-8-23(21)25)15-24(30)26-11-14-28(3)4/h5-8,20H,9-17H2,1-4H3,(H,26,30)/t20-/m0/s1. The van der Waals surface area contributed by atoms with Crippen molar-refractivity contribution in [3.8, 4) is 0 Å². The summed E-state index contributed by atoms with van der Waals surface area (Å²) >= 11 is 0. The predicted molar refractivity (Wildman–Crippen MR) is 122 cm³/mol. The molecule has 1 saturated heterocycles. The van der Waals surface area contributed by atoms with E-state index in [1.54, 1.807) is 0 Å². The molecule has 1 N–H and O–H groups in total. The van der Waals surface area contributed by atoms with Crippen LogP contribution in [0.4, 0.5) is 0 Å². The van der Waals surface area contributed by atoms with Crippen LogP contribution in [0, 0.1) is 13.8 Å². The molecule has 1 fully saturated rings. The Balaban J connectivity index is 1.41. The van der Waals surface area contributed by atoms with Crippen LogP contribution in [0.2, 0.25) is 0 Å². The monoisotopic (exact) mass is 424 g/mol. The number of hydrogen-bond acceptors (Lipinski definition) is 5. The third kappa shape index (κ3) is 4.70. The van der Waals surface area contributed by atoms with Crippen molar-refractivity contribution in [2.75, 3.05) is 40.3 Å². The third-order valence-electron chi connectivity index (χ3n) is 7.30. The van der Waals surface area contributed by atoms with Crippen LogP contribution >= 0.6 is 0 Å². The average Bonchev–Trinajstić information content (AvgIpc) is 3.21. The third-order valence-corrected chi connectivity index (χ3v) is 7.30. The lowest BCUT2D eigenvalue weighted by Crippen LogP contribution is -2.41. The second-order valence-electron chi connectivity index (χ2n) is 9.70. The van der Waals surface area contributed by atoms with E-state index in [0.717, 1.165) is 56.9 Å². The zero-order valence-corrected chi connectivity index (χ0v) is 19.4. The summed E-state index contributed by atoms with van der Waals surface area (Å²) in [7, 11) is 4.06. The average molecular weight is 425 g/mol. The Kier molecular flexibility index (Phi) is 6.49. The Hall–Kier alpha value is -2.18. The van der Waals surface area contributed by atoms with E-state index in [0.29, 0.717) is 18.9 Å². The van der Waals surface area contributed by atoms with Crippen LogP contribution in [0.5, 0.6) is 0 Å². The normalized spacial score (nSPS) is 20.4. The van der Waals surface area contributed by atoms with Crippen LogP contribution in [0.3, 0.4) is 0 Å². The molecule has 6 heteroatoms. The number of rotatable bonds is 7. The first-order valence-corrected chi connectivity index (χ1v) is 11.5. The lowest BCUT2D eigenvalue weighted by Gasteiger charge is -2.40. The summed E-state index contributed by atoms with van der Waals surface area (Å²) in [4.78, 5) is 17.2. The summed E-state index contributed by atoms with van der Waals surface area (Å²) in [6.07, 6.45) is 3.97. The molecule has 31 heavy (non-hydrogen) atoms. The Morgan fingerprint density at radius 2 is 2.00 bits per heavy atom. The number of aromatic nitrogens is 1. The van der Waals surface area contributed by atoms with Gasteiger partial charge in [0.1, 0.15) is 5.76 Å². The molecule has 1 atom stereocenters. The van der Waals surface area contributed by atoms with E-state index in [4.69, 9.17) is 4.52 Å². The molecule has 6 nitrogen and oxygen atoms in total. The molecule has 2 heterocycles. The molecular formula is C25H36N4O2. The van der Waals surface area contributed by atoms with Gasteiger partial charge in [0.15, 0.2) is 0 Å². The lowest BCUT2D eigenvalue weighted by molar-refractivity contribution is -0.121. The van der Waals surface area contributed by atoms with Crippen molar-refractivity contribution in [3.63, 3.8) is 0 Å². The Morgan fingerprint density at radius 3 is 2.68 bits per heavy atom. The number of likely N-dealkylation sites (N-methyl/N-ethyl adjacent to an activating group) is 1. The number of piperidine rings is 1. The van der Waals surface area contributed by atoms with Crippen LogP contribution in [-0.4, -0.2) is 61.1 Å². The van der Waals surface area contributed by atoms with Gasteiger partial charge in [-0.05, 0) is 82.8 Å². The highest BCUT2D eigenvalue weighted by Crippen LogP contribution is 2.52. The van der Waals surface area contributed by atoms with E-state index in [-0.39, 0.29) is 11.3 Å². The van der Waals surface area contributed by atoms with E-state index in [9.17, 15) is 4.79 Å². The minimum absolute atomic E-state index is 0.176. The number of amides is 1. The van der Waals surface area contributed by atoms with Crippen molar-refractivity contribution in [2.24, 2.45) is 0 Å². The minimum Gasteiger partial charge on any atom is -0.361 e. The molecule has 0 bridgehead atoms. The number of nitrogens with zero attached hydrogens (tertiary/aromatic N) is 3. The number of aryl methyl sites for hydroxylation is 2. The quantitative estimate of drug-likeness (QED) is 0.738. The molecule has 1 amide bonds. The molecule has 1 spiro atoms. The summed E-state index contributed by atoms with van der Waals surface area (Å²) in [5, 5.41) is 7.21. The van der Waals surface area contributed by atoms with Crippen molar-refractivity contribution in [3.05, 3.63) is 52.4 Å². The maximum atomic E-state index is 12.6. The molecule has 1 aliphatic carbocycles. The van der Waals surface area contributed by atoms with Gasteiger partial charge in [0.2, 0.25) is 5.91 Å². The fraction of sp³-hybridized carbons (Fsp3) is 0.600. The van der Waals surface area contributed by atoms with Crippen molar-refractivity contribution in [1.29, 1.82) is 0 Å². The largest absolute Gasteiger partial charge is 0.361 e. The van der Waals surface area contributed by atoms with Crippen molar-refractivity contribution in [1.82, 2.24) is 20.3 Å². The molecule has 2 aliphatic rings. The topological polar surface area (TPSA) is 61.6 Å². The highest BCUT2D eigenvalue weighted by molar-refractivity contribution is 5.77. The SMILES string of the molecule is Cc1noc(C)c1CN1CCC2(CC1)C[C@H](CC(=O)NCCN(C)C)c1ccccc12. The molecule has 168 valence electrons. The van der Waals surface area contributed by atoms with E-state index in [2.05, 4.69) is 44.5 Å². The summed E-state index contributed by atoms with van der Waals surface area (Å²) in [6.45, 7) is 8.66. The van der Waals surface area contributed by atoms with Gasteiger partial charge >= 0.3 is 0 Å². The van der Waals surface area contributed by atoms with Crippen LogP contribution < -0.4 is 5.32 Å². The van der Waals surface area contributed by atoms with E-state index >= 15 is 0 Å². The summed E-state index contributed by atoms with van der Waals surface area (Å²) in [5.41, 5.74) is 5.32. The molecule has 2 aromatic rings. The zero-order chi connectivity index (χ0) is 22.0. The van der Waals surface area contributed by atoms with Gasteiger partial charge in [-0.25, -0.2) is 0 Å². The molecule has 1 aromatic heterocycles. The number of carbonyl (C=O) groups excluding carboxylic acids is 1. The number of fused-ring (bicyclic) bond motifs is 2. The van der Waals surface area contributed by atoms with Crippen molar-refractivity contribution in [2.45, 2.75) is 57.4 Å². The second-order valence-corrected chi connectivity index (χ2v) is 9.70. The van der Waals surface area contributed by atoms with E-state index in [1.807, 2.05) is 27.9 Å². The fourth-order valence-corrected chi connectivity index (χ4v) is 5.49. The van der Waals surface area contributed by atoms with Crippen LogP contribution in [0.1, 0.15) is 59.7 Å². The highest BCUT2D eigenvalue weighted by Gasteiger charge is 2.45. The van der Waals surface area contributed by atoms with Gasteiger partial charge in [0.05, 0.1) is 5.69 Å². The first-order valence-electron chi connectivity index (χ1n) is 11.5. The Labute approximate surface area is 186 Å². The number of nitrogens with one attached hydrogen (secondary N) is 1. The van der Waals surface area contributed by atoms with Crippen LogP contribution in [0.15, 0.2) is 28.8 Å². The summed E-state index contributed by atoms with van der Waals surface area (Å²) in [6, 6.07) is 8.85. The molecule has 4 rings (SSSR count). The van der Waals surface area contributed by atoms with Crippen molar-refractivity contribution >= 4 is 5.91 Å². The number of likely N-dealkylation sites (tertiary alicyclic amines) is 1. The van der Waals surface area contributed by atoms with E-state index < -0.39 is 0 Å². The number of benzene rings is 1. The van der Waals surface area contributed by atoms with Gasteiger partial charge in [0, 0.05) is 31.6 Å². The second kappa shape index (κ2) is 9.13. The van der Waals surface area contributed by atoms with Gasteiger partial charge in [-0.3, -0.25) is 9.69 Å². The van der Waals surface area contributed by atoms with Crippen LogP contribution in [-0.2, 0) is 16.8 Å². The van der Waals surface area contributed by atoms with Crippen molar-refractivity contribution < 1.29 is 9.32 Å². The predicted octanol–water partition coefficient (Wildman–Crippen LogP) is 3.38. The molecule has 1 aliphatic heterocycles. The van der Waals surface area contributed by atoms with Gasteiger partial charge in [-0.1, -0.05) is 29.4 Å². The number of hydrogen-bond donors (Lipinski definition) is 1. The maximum Gasteiger partial charge on any atom is 0.220 e. The number of carbonyl (C=O) groups is 1. The smallest absolute Gasteiger partial charge is 0.220 e. The summed E-state index contributed by atoms with van der Waals surface area (Å²) in [5.74, 6) is 1.43. The lowest BCUT2D eigenvalue weighted by atomic mass is 9.73. The van der Waals surface area contributed by atoms with Crippen LogP contribution in [0.25, 0.3) is 0 Å².